The van der Waals surface area contributed by atoms with Crippen molar-refractivity contribution in [3.8, 4) is 11.3 Å². The number of aromatic nitrogens is 2. The van der Waals surface area contributed by atoms with Crippen LogP contribution in [-0.2, 0) is 0 Å². The molecular weight excluding hydrogens is 258 g/mol. The van der Waals surface area contributed by atoms with Crippen LogP contribution in [0.3, 0.4) is 0 Å². The molecule has 92 valence electrons. The Hall–Kier alpha value is -1.55. The van der Waals surface area contributed by atoms with Gasteiger partial charge in [-0.15, -0.1) is 0 Å². The van der Waals surface area contributed by atoms with E-state index in [0.717, 1.165) is 18.9 Å². The Morgan fingerprint density at radius 3 is 2.67 bits per heavy atom. The molecule has 1 aliphatic rings. The molecule has 0 amide bonds. The van der Waals surface area contributed by atoms with E-state index < -0.39 is 11.6 Å². The van der Waals surface area contributed by atoms with Crippen molar-refractivity contribution in [3.05, 3.63) is 46.9 Å². The second-order valence-electron chi connectivity index (χ2n) is 4.31. The minimum absolute atomic E-state index is 0.112. The highest BCUT2D eigenvalue weighted by atomic mass is 35.5. The molecule has 0 saturated heterocycles. The first-order chi connectivity index (χ1) is 8.65. The van der Waals surface area contributed by atoms with Crippen LogP contribution < -0.4 is 0 Å². The number of benzene rings is 1. The highest BCUT2D eigenvalue weighted by Crippen LogP contribution is 2.39. The largest absolute Gasteiger partial charge is 0.232 e. The molecule has 1 saturated carbocycles. The molecule has 0 atom stereocenters. The zero-order chi connectivity index (χ0) is 12.7. The first kappa shape index (κ1) is 11.5. The Balaban J connectivity index is 2.13. The molecule has 2 nitrogen and oxygen atoms in total. The number of rotatable bonds is 2. The number of halogens is 3. The quantitative estimate of drug-likeness (QED) is 0.769. The maximum absolute atomic E-state index is 13.7. The van der Waals surface area contributed by atoms with Gasteiger partial charge in [0.1, 0.15) is 11.0 Å². The molecule has 2 aromatic rings. The molecule has 18 heavy (non-hydrogen) atoms. The van der Waals surface area contributed by atoms with Crippen LogP contribution in [-0.4, -0.2) is 9.97 Å². The smallest absolute Gasteiger partial charge is 0.168 e. The van der Waals surface area contributed by atoms with Crippen LogP contribution in [0.15, 0.2) is 24.3 Å². The number of nitrogens with zero attached hydrogens (tertiary/aromatic N) is 2. The number of hydrogen-bond acceptors (Lipinski definition) is 2. The minimum Gasteiger partial charge on any atom is -0.232 e. The molecule has 0 unspecified atom stereocenters. The SMILES string of the molecule is Fc1cccc(-c2cc(Cl)nc(C3CC3)n2)c1F. The zero-order valence-electron chi connectivity index (χ0n) is 9.33. The fourth-order valence-corrected chi connectivity index (χ4v) is 1.99. The van der Waals surface area contributed by atoms with Gasteiger partial charge in [0, 0.05) is 17.5 Å². The van der Waals surface area contributed by atoms with E-state index in [1.54, 1.807) is 0 Å². The average Bonchev–Trinajstić information content (AvgIpc) is 3.16. The van der Waals surface area contributed by atoms with E-state index in [1.807, 2.05) is 0 Å². The predicted molar refractivity (Wildman–Crippen MR) is 64.4 cm³/mol. The van der Waals surface area contributed by atoms with Gasteiger partial charge in [-0.05, 0) is 25.0 Å². The lowest BCUT2D eigenvalue weighted by Crippen LogP contribution is -1.98. The third-order valence-electron chi connectivity index (χ3n) is 2.88. The Morgan fingerprint density at radius 2 is 1.94 bits per heavy atom. The van der Waals surface area contributed by atoms with Gasteiger partial charge in [-0.2, -0.15) is 0 Å². The van der Waals surface area contributed by atoms with Crippen molar-refractivity contribution in [3.63, 3.8) is 0 Å². The summed E-state index contributed by atoms with van der Waals surface area (Å²) in [6, 6.07) is 5.45. The van der Waals surface area contributed by atoms with Crippen molar-refractivity contribution in [2.75, 3.05) is 0 Å². The molecule has 1 aliphatic carbocycles. The summed E-state index contributed by atoms with van der Waals surface area (Å²) in [5.41, 5.74) is 0.440. The summed E-state index contributed by atoms with van der Waals surface area (Å²) >= 11 is 5.90. The normalized spacial score (nSPS) is 14.8. The van der Waals surface area contributed by atoms with E-state index in [2.05, 4.69) is 9.97 Å². The summed E-state index contributed by atoms with van der Waals surface area (Å²) in [6.07, 6.45) is 2.04. The van der Waals surface area contributed by atoms with Crippen molar-refractivity contribution < 1.29 is 8.78 Å². The molecule has 0 spiro atoms. The fraction of sp³-hybridized carbons (Fsp3) is 0.231. The van der Waals surface area contributed by atoms with Crippen LogP contribution in [0, 0.1) is 11.6 Å². The first-order valence-corrected chi connectivity index (χ1v) is 6.02. The van der Waals surface area contributed by atoms with E-state index in [1.165, 1.54) is 18.2 Å². The minimum atomic E-state index is -0.908. The molecule has 1 fully saturated rings. The molecule has 1 heterocycles. The summed E-state index contributed by atoms with van der Waals surface area (Å²) < 4.78 is 26.9. The lowest BCUT2D eigenvalue weighted by Gasteiger charge is -2.06. The topological polar surface area (TPSA) is 25.8 Å². The zero-order valence-corrected chi connectivity index (χ0v) is 10.1. The van der Waals surface area contributed by atoms with E-state index >= 15 is 0 Å². The summed E-state index contributed by atoms with van der Waals surface area (Å²) in [5.74, 6) is -0.885. The van der Waals surface area contributed by atoms with E-state index in [0.29, 0.717) is 17.4 Å². The molecule has 3 rings (SSSR count). The van der Waals surface area contributed by atoms with Gasteiger partial charge in [0.05, 0.1) is 5.69 Å². The third-order valence-corrected chi connectivity index (χ3v) is 3.08. The van der Waals surface area contributed by atoms with E-state index in [4.69, 9.17) is 11.6 Å². The van der Waals surface area contributed by atoms with Crippen molar-refractivity contribution in [2.24, 2.45) is 0 Å². The van der Waals surface area contributed by atoms with Crippen molar-refractivity contribution in [1.82, 2.24) is 9.97 Å². The van der Waals surface area contributed by atoms with Gasteiger partial charge in [0.15, 0.2) is 11.6 Å². The highest BCUT2D eigenvalue weighted by molar-refractivity contribution is 6.29. The average molecular weight is 267 g/mol. The van der Waals surface area contributed by atoms with Gasteiger partial charge >= 0.3 is 0 Å². The predicted octanol–water partition coefficient (Wildman–Crippen LogP) is 3.95. The van der Waals surface area contributed by atoms with Crippen molar-refractivity contribution >= 4 is 11.6 Å². The van der Waals surface area contributed by atoms with Crippen LogP contribution in [0.5, 0.6) is 0 Å². The van der Waals surface area contributed by atoms with Gasteiger partial charge in [-0.25, -0.2) is 18.7 Å². The van der Waals surface area contributed by atoms with Crippen LogP contribution in [0.4, 0.5) is 8.78 Å². The highest BCUT2D eigenvalue weighted by Gasteiger charge is 2.27. The fourth-order valence-electron chi connectivity index (χ4n) is 1.80. The molecule has 1 aromatic carbocycles. The summed E-state index contributed by atoms with van der Waals surface area (Å²) in [5, 5.41) is 0.255. The molecule has 1 aromatic heterocycles. The Bertz CT molecular complexity index is 612. The van der Waals surface area contributed by atoms with Gasteiger partial charge in [-0.3, -0.25) is 0 Å². The lowest BCUT2D eigenvalue weighted by molar-refractivity contribution is 0.511. The lowest BCUT2D eigenvalue weighted by atomic mass is 10.1. The van der Waals surface area contributed by atoms with Crippen molar-refractivity contribution in [1.29, 1.82) is 0 Å². The van der Waals surface area contributed by atoms with Crippen LogP contribution in [0.2, 0.25) is 5.15 Å². The molecule has 0 N–H and O–H groups in total. The summed E-state index contributed by atoms with van der Waals surface area (Å²) in [6.45, 7) is 0. The number of hydrogen-bond donors (Lipinski definition) is 0. The van der Waals surface area contributed by atoms with Gasteiger partial charge < -0.3 is 0 Å². The van der Waals surface area contributed by atoms with E-state index in [-0.39, 0.29) is 10.7 Å². The van der Waals surface area contributed by atoms with Gasteiger partial charge in [-0.1, -0.05) is 17.7 Å². The molecule has 0 aliphatic heterocycles. The second-order valence-corrected chi connectivity index (χ2v) is 4.70. The molecular formula is C13H9ClF2N2. The first-order valence-electron chi connectivity index (χ1n) is 5.64. The standard InChI is InChI=1S/C13H9ClF2N2/c14-11-6-10(17-13(18-11)7-4-5-7)8-2-1-3-9(15)12(8)16/h1-3,6-7H,4-5H2. The maximum Gasteiger partial charge on any atom is 0.168 e. The van der Waals surface area contributed by atoms with Crippen LogP contribution in [0.1, 0.15) is 24.6 Å². The van der Waals surface area contributed by atoms with Crippen LogP contribution >= 0.6 is 11.6 Å². The summed E-state index contributed by atoms with van der Waals surface area (Å²) in [4.78, 5) is 8.38. The molecule has 0 bridgehead atoms. The van der Waals surface area contributed by atoms with E-state index in [9.17, 15) is 8.78 Å². The van der Waals surface area contributed by atoms with Gasteiger partial charge in [0.25, 0.3) is 0 Å². The maximum atomic E-state index is 13.7. The van der Waals surface area contributed by atoms with Crippen molar-refractivity contribution in [2.45, 2.75) is 18.8 Å². The second kappa shape index (κ2) is 4.28. The summed E-state index contributed by atoms with van der Waals surface area (Å²) in [7, 11) is 0. The Labute approximate surface area is 108 Å². The molecule has 5 heteroatoms. The Kier molecular flexibility index (Phi) is 2.74. The molecule has 0 radical (unpaired) electrons. The monoisotopic (exact) mass is 266 g/mol. The Morgan fingerprint density at radius 1 is 1.17 bits per heavy atom. The van der Waals surface area contributed by atoms with Gasteiger partial charge in [0.2, 0.25) is 0 Å². The third kappa shape index (κ3) is 2.08. The van der Waals surface area contributed by atoms with Crippen LogP contribution in [0.25, 0.3) is 11.3 Å².